The van der Waals surface area contributed by atoms with E-state index in [4.69, 9.17) is 0 Å². The minimum Gasteiger partial charge on any atom is -0.395 e. The third kappa shape index (κ3) is 2.16. The second-order valence-electron chi connectivity index (χ2n) is 4.48. The van der Waals surface area contributed by atoms with Crippen molar-refractivity contribution < 1.29 is 10.0 Å². The molecule has 1 N–H and O–H groups in total. The molecule has 0 saturated carbocycles. The van der Waals surface area contributed by atoms with Crippen molar-refractivity contribution in [1.82, 2.24) is 4.90 Å². The molecule has 1 saturated heterocycles. The van der Waals surface area contributed by atoms with Crippen molar-refractivity contribution >= 4 is 0 Å². The van der Waals surface area contributed by atoms with E-state index >= 15 is 0 Å². The predicted molar refractivity (Wildman–Crippen MR) is 63.5 cm³/mol. The van der Waals surface area contributed by atoms with Crippen molar-refractivity contribution in [3.8, 4) is 0 Å². The SMILES string of the molecule is CN1C[C@H]([N+](=O)[O-])C(c2ccccc2)C1CO. The molecule has 2 unspecified atom stereocenters. The first-order valence-electron chi connectivity index (χ1n) is 5.64. The van der Waals surface area contributed by atoms with E-state index in [2.05, 4.69) is 0 Å². The third-order valence-electron chi connectivity index (χ3n) is 3.51. The molecule has 2 rings (SSSR count). The first-order chi connectivity index (χ1) is 8.15. The largest absolute Gasteiger partial charge is 0.395 e. The molecule has 1 heterocycles. The van der Waals surface area contributed by atoms with Gasteiger partial charge in [0.15, 0.2) is 0 Å². The summed E-state index contributed by atoms with van der Waals surface area (Å²) >= 11 is 0. The van der Waals surface area contributed by atoms with Crippen LogP contribution in [0.2, 0.25) is 0 Å². The Morgan fingerprint density at radius 3 is 2.65 bits per heavy atom. The van der Waals surface area contributed by atoms with Crippen LogP contribution in [0.5, 0.6) is 0 Å². The highest BCUT2D eigenvalue weighted by molar-refractivity contribution is 5.24. The molecular weight excluding hydrogens is 220 g/mol. The lowest BCUT2D eigenvalue weighted by Crippen LogP contribution is -2.32. The number of nitrogens with zero attached hydrogens (tertiary/aromatic N) is 2. The van der Waals surface area contributed by atoms with Crippen molar-refractivity contribution in [2.75, 3.05) is 20.2 Å². The standard InChI is InChI=1S/C12H16N2O3/c1-13-7-10(14(16)17)12(11(13)8-15)9-5-3-2-4-6-9/h2-6,10-12,15H,7-8H2,1H3/t10-,11?,12?/m0/s1. The molecule has 0 radical (unpaired) electrons. The van der Waals surface area contributed by atoms with E-state index in [-0.39, 0.29) is 23.5 Å². The summed E-state index contributed by atoms with van der Waals surface area (Å²) in [6.07, 6.45) is 0. The van der Waals surface area contributed by atoms with Gasteiger partial charge in [-0.15, -0.1) is 0 Å². The fourth-order valence-corrected chi connectivity index (χ4v) is 2.64. The first kappa shape index (κ1) is 12.0. The molecule has 0 spiro atoms. The Hall–Kier alpha value is -1.46. The Labute approximate surface area is 99.8 Å². The number of aliphatic hydroxyl groups is 1. The van der Waals surface area contributed by atoms with Crippen LogP contribution < -0.4 is 0 Å². The van der Waals surface area contributed by atoms with E-state index in [1.807, 2.05) is 42.3 Å². The number of benzene rings is 1. The van der Waals surface area contributed by atoms with Crippen molar-refractivity contribution in [3.05, 3.63) is 46.0 Å². The number of hydrogen-bond acceptors (Lipinski definition) is 4. The van der Waals surface area contributed by atoms with Gasteiger partial charge in [-0.25, -0.2) is 0 Å². The van der Waals surface area contributed by atoms with Gasteiger partial charge in [-0.05, 0) is 12.6 Å². The van der Waals surface area contributed by atoms with Crippen molar-refractivity contribution in [3.63, 3.8) is 0 Å². The van der Waals surface area contributed by atoms with Gasteiger partial charge in [0, 0.05) is 11.0 Å². The van der Waals surface area contributed by atoms with E-state index < -0.39 is 6.04 Å². The molecule has 1 fully saturated rings. The van der Waals surface area contributed by atoms with Crippen molar-refractivity contribution in [2.45, 2.75) is 18.0 Å². The predicted octanol–water partition coefficient (Wildman–Crippen LogP) is 0.722. The molecule has 1 aromatic carbocycles. The average Bonchev–Trinajstić information content (AvgIpc) is 2.67. The molecule has 17 heavy (non-hydrogen) atoms. The summed E-state index contributed by atoms with van der Waals surface area (Å²) < 4.78 is 0. The van der Waals surface area contributed by atoms with Crippen molar-refractivity contribution in [1.29, 1.82) is 0 Å². The molecular formula is C12H16N2O3. The minimum absolute atomic E-state index is 0.0552. The second kappa shape index (κ2) is 4.81. The Kier molecular flexibility index (Phi) is 3.40. The van der Waals surface area contributed by atoms with Crippen LogP contribution in [-0.4, -0.2) is 47.2 Å². The van der Waals surface area contributed by atoms with E-state index in [0.717, 1.165) is 5.56 Å². The van der Waals surface area contributed by atoms with Gasteiger partial charge in [0.05, 0.1) is 19.1 Å². The van der Waals surface area contributed by atoms with Crippen molar-refractivity contribution in [2.24, 2.45) is 0 Å². The fraction of sp³-hybridized carbons (Fsp3) is 0.500. The van der Waals surface area contributed by atoms with Gasteiger partial charge in [-0.2, -0.15) is 0 Å². The Morgan fingerprint density at radius 1 is 1.47 bits per heavy atom. The summed E-state index contributed by atoms with van der Waals surface area (Å²) in [7, 11) is 1.82. The molecule has 0 aromatic heterocycles. The van der Waals surface area contributed by atoms with E-state index in [9.17, 15) is 15.2 Å². The third-order valence-corrected chi connectivity index (χ3v) is 3.51. The van der Waals surface area contributed by atoms with E-state index in [1.54, 1.807) is 0 Å². The summed E-state index contributed by atoms with van der Waals surface area (Å²) in [6.45, 7) is 0.332. The molecule has 5 nitrogen and oxygen atoms in total. The van der Waals surface area contributed by atoms with E-state index in [1.165, 1.54) is 0 Å². The van der Waals surface area contributed by atoms with Gasteiger partial charge in [0.1, 0.15) is 0 Å². The fourth-order valence-electron chi connectivity index (χ4n) is 2.64. The smallest absolute Gasteiger partial charge is 0.233 e. The molecule has 1 aromatic rings. The quantitative estimate of drug-likeness (QED) is 0.620. The number of hydrogen-bond donors (Lipinski definition) is 1. The lowest BCUT2D eigenvalue weighted by Gasteiger charge is -2.22. The molecule has 3 atom stereocenters. The monoisotopic (exact) mass is 236 g/mol. The summed E-state index contributed by atoms with van der Waals surface area (Å²) in [4.78, 5) is 12.7. The molecule has 92 valence electrons. The highest BCUT2D eigenvalue weighted by atomic mass is 16.6. The normalized spacial score (nSPS) is 29.4. The van der Waals surface area contributed by atoms with Crippen LogP contribution in [0.1, 0.15) is 11.5 Å². The number of nitro groups is 1. The second-order valence-corrected chi connectivity index (χ2v) is 4.48. The summed E-state index contributed by atoms with van der Waals surface area (Å²) in [6, 6.07) is 8.61. The van der Waals surface area contributed by atoms with E-state index in [0.29, 0.717) is 6.54 Å². The zero-order chi connectivity index (χ0) is 12.4. The van der Waals surface area contributed by atoms with Crippen LogP contribution in [0.3, 0.4) is 0 Å². The van der Waals surface area contributed by atoms with Gasteiger partial charge in [-0.1, -0.05) is 30.3 Å². The minimum atomic E-state index is -0.639. The number of rotatable bonds is 3. The Morgan fingerprint density at radius 2 is 2.12 bits per heavy atom. The zero-order valence-electron chi connectivity index (χ0n) is 9.69. The van der Waals surface area contributed by atoms with Gasteiger partial charge >= 0.3 is 0 Å². The molecule has 1 aliphatic rings. The number of aliphatic hydroxyl groups excluding tert-OH is 1. The topological polar surface area (TPSA) is 66.6 Å². The van der Waals surface area contributed by atoms with Crippen LogP contribution >= 0.6 is 0 Å². The van der Waals surface area contributed by atoms with Crippen LogP contribution in [0, 0.1) is 10.1 Å². The van der Waals surface area contributed by atoms with Gasteiger partial charge < -0.3 is 5.11 Å². The lowest BCUT2D eigenvalue weighted by atomic mass is 9.89. The Balaban J connectivity index is 2.35. The van der Waals surface area contributed by atoms with Crippen LogP contribution in [0.25, 0.3) is 0 Å². The first-order valence-corrected chi connectivity index (χ1v) is 5.64. The molecule has 1 aliphatic heterocycles. The number of likely N-dealkylation sites (N-methyl/N-ethyl adjacent to an activating group) is 1. The molecule has 5 heteroatoms. The molecule has 0 aliphatic carbocycles. The number of likely N-dealkylation sites (tertiary alicyclic amines) is 1. The maximum atomic E-state index is 11.1. The van der Waals surface area contributed by atoms with Crippen LogP contribution in [0.15, 0.2) is 30.3 Å². The maximum absolute atomic E-state index is 11.1. The van der Waals surface area contributed by atoms with Gasteiger partial charge in [0.25, 0.3) is 0 Å². The van der Waals surface area contributed by atoms with Crippen LogP contribution in [-0.2, 0) is 0 Å². The maximum Gasteiger partial charge on any atom is 0.233 e. The summed E-state index contributed by atoms with van der Waals surface area (Å²) in [5, 5.41) is 20.5. The van der Waals surface area contributed by atoms with Gasteiger partial charge in [-0.3, -0.25) is 15.0 Å². The highest BCUT2D eigenvalue weighted by Gasteiger charge is 2.47. The lowest BCUT2D eigenvalue weighted by molar-refractivity contribution is -0.521. The highest BCUT2D eigenvalue weighted by Crippen LogP contribution is 2.34. The molecule has 0 amide bonds. The average molecular weight is 236 g/mol. The van der Waals surface area contributed by atoms with Gasteiger partial charge in [0.2, 0.25) is 6.04 Å². The zero-order valence-corrected chi connectivity index (χ0v) is 9.69. The van der Waals surface area contributed by atoms with Crippen LogP contribution in [0.4, 0.5) is 0 Å². The summed E-state index contributed by atoms with van der Waals surface area (Å²) in [5.41, 5.74) is 0.928. The molecule has 0 bridgehead atoms. The summed E-state index contributed by atoms with van der Waals surface area (Å²) in [5.74, 6) is -0.235. The Bertz CT molecular complexity index is 396.